The molecule has 1 atom stereocenters. The van der Waals surface area contributed by atoms with Crippen LogP contribution in [0.2, 0.25) is 0 Å². The average molecular weight is 343 g/mol. The quantitative estimate of drug-likeness (QED) is 0.827. The van der Waals surface area contributed by atoms with Crippen LogP contribution in [0.15, 0.2) is 22.8 Å². The van der Waals surface area contributed by atoms with Crippen LogP contribution < -0.4 is 4.74 Å². The molecule has 0 saturated carbocycles. The Bertz CT molecular complexity index is 488. The monoisotopic (exact) mass is 342 g/mol. The molecule has 0 bridgehead atoms. The summed E-state index contributed by atoms with van der Waals surface area (Å²) in [5, 5.41) is 0. The van der Waals surface area contributed by atoms with Gasteiger partial charge < -0.3 is 14.4 Å². The first-order valence-corrected chi connectivity index (χ1v) is 7.39. The number of hydrogen-bond donors (Lipinski definition) is 0. The molecule has 1 aliphatic heterocycles. The van der Waals surface area contributed by atoms with Crippen molar-refractivity contribution in [3.05, 3.63) is 22.8 Å². The van der Waals surface area contributed by atoms with E-state index in [9.17, 15) is 4.79 Å². The highest BCUT2D eigenvalue weighted by molar-refractivity contribution is 9.10. The van der Waals surface area contributed by atoms with Gasteiger partial charge in [-0.1, -0.05) is 0 Å². The predicted molar refractivity (Wildman–Crippen MR) is 78.8 cm³/mol. The van der Waals surface area contributed by atoms with E-state index in [1.165, 1.54) is 0 Å². The molecule has 0 aromatic carbocycles. The van der Waals surface area contributed by atoms with E-state index in [2.05, 4.69) is 20.9 Å². The lowest BCUT2D eigenvalue weighted by Crippen LogP contribution is -2.36. The summed E-state index contributed by atoms with van der Waals surface area (Å²) in [6.07, 6.45) is 2.13. The molecular weight excluding hydrogens is 324 g/mol. The first-order chi connectivity index (χ1) is 9.35. The second-order valence-corrected chi connectivity index (χ2v) is 6.60. The minimum Gasteiger partial charge on any atom is -0.472 e. The molecule has 1 fully saturated rings. The van der Waals surface area contributed by atoms with Gasteiger partial charge >= 0.3 is 6.09 Å². The van der Waals surface area contributed by atoms with Crippen LogP contribution in [-0.4, -0.2) is 40.8 Å². The predicted octanol–water partition coefficient (Wildman–Crippen LogP) is 3.23. The van der Waals surface area contributed by atoms with Crippen LogP contribution in [-0.2, 0) is 4.74 Å². The van der Waals surface area contributed by atoms with Gasteiger partial charge in [-0.15, -0.1) is 0 Å². The standard InChI is InChI=1S/C14H19BrN2O3/c1-14(2,3)20-13(18)17-8-6-10(9-17)19-12-11(15)5-4-7-16-12/h4-5,7,10H,6,8-9H2,1-3H3. The molecule has 1 amide bonds. The zero-order valence-electron chi connectivity index (χ0n) is 11.9. The van der Waals surface area contributed by atoms with E-state index in [1.807, 2.05) is 32.9 Å². The zero-order chi connectivity index (χ0) is 14.8. The molecule has 0 N–H and O–H groups in total. The topological polar surface area (TPSA) is 51.7 Å². The number of ether oxygens (including phenoxy) is 2. The lowest BCUT2D eigenvalue weighted by Gasteiger charge is -2.24. The minimum absolute atomic E-state index is 0.0475. The summed E-state index contributed by atoms with van der Waals surface area (Å²) in [6.45, 7) is 6.75. The molecule has 20 heavy (non-hydrogen) atoms. The third-order valence-electron chi connectivity index (χ3n) is 2.80. The summed E-state index contributed by atoms with van der Waals surface area (Å²) in [7, 11) is 0. The summed E-state index contributed by atoms with van der Waals surface area (Å²) in [5.74, 6) is 0.559. The number of aromatic nitrogens is 1. The van der Waals surface area contributed by atoms with Gasteiger partial charge in [0.1, 0.15) is 11.7 Å². The van der Waals surface area contributed by atoms with E-state index in [0.717, 1.165) is 10.9 Å². The first-order valence-electron chi connectivity index (χ1n) is 6.60. The van der Waals surface area contributed by atoms with E-state index in [0.29, 0.717) is 19.0 Å². The van der Waals surface area contributed by atoms with Crippen LogP contribution in [0.25, 0.3) is 0 Å². The molecular formula is C14H19BrN2O3. The second-order valence-electron chi connectivity index (χ2n) is 5.75. The molecule has 1 saturated heterocycles. The largest absolute Gasteiger partial charge is 0.472 e. The van der Waals surface area contributed by atoms with Gasteiger partial charge in [-0.3, -0.25) is 0 Å². The highest BCUT2D eigenvalue weighted by Crippen LogP contribution is 2.25. The van der Waals surface area contributed by atoms with Gasteiger partial charge in [0.25, 0.3) is 0 Å². The van der Waals surface area contributed by atoms with Gasteiger partial charge in [-0.25, -0.2) is 9.78 Å². The number of carbonyl (C=O) groups excluding carboxylic acids is 1. The normalized spacial score (nSPS) is 19.0. The Hall–Kier alpha value is -1.30. The van der Waals surface area contributed by atoms with Crippen molar-refractivity contribution >= 4 is 22.0 Å². The molecule has 1 aliphatic rings. The Kier molecular flexibility index (Phi) is 4.52. The number of pyridine rings is 1. The van der Waals surface area contributed by atoms with E-state index in [-0.39, 0.29) is 12.2 Å². The van der Waals surface area contributed by atoms with Crippen LogP contribution in [0.3, 0.4) is 0 Å². The minimum atomic E-state index is -0.472. The zero-order valence-corrected chi connectivity index (χ0v) is 13.5. The number of hydrogen-bond acceptors (Lipinski definition) is 4. The Morgan fingerprint density at radius 3 is 2.90 bits per heavy atom. The van der Waals surface area contributed by atoms with E-state index < -0.39 is 5.60 Å². The smallest absolute Gasteiger partial charge is 0.410 e. The van der Waals surface area contributed by atoms with Crippen molar-refractivity contribution in [2.24, 2.45) is 0 Å². The van der Waals surface area contributed by atoms with Crippen molar-refractivity contribution in [2.45, 2.75) is 38.9 Å². The maximum absolute atomic E-state index is 11.9. The molecule has 2 heterocycles. The summed E-state index contributed by atoms with van der Waals surface area (Å²) in [6, 6.07) is 3.71. The van der Waals surface area contributed by atoms with E-state index >= 15 is 0 Å². The summed E-state index contributed by atoms with van der Waals surface area (Å²) < 4.78 is 12.0. The van der Waals surface area contributed by atoms with Gasteiger partial charge in [0.2, 0.25) is 5.88 Å². The fraction of sp³-hybridized carbons (Fsp3) is 0.571. The van der Waals surface area contributed by atoms with Gasteiger partial charge in [0.05, 0.1) is 11.0 Å². The van der Waals surface area contributed by atoms with Gasteiger partial charge in [-0.2, -0.15) is 0 Å². The fourth-order valence-corrected chi connectivity index (χ4v) is 2.28. The van der Waals surface area contributed by atoms with Crippen LogP contribution in [0.4, 0.5) is 4.79 Å². The Labute approximate surface area is 127 Å². The number of nitrogens with zero attached hydrogens (tertiary/aromatic N) is 2. The molecule has 0 aliphatic carbocycles. The second kappa shape index (κ2) is 5.99. The summed E-state index contributed by atoms with van der Waals surface area (Å²) in [4.78, 5) is 17.8. The molecule has 1 unspecified atom stereocenters. The molecule has 0 radical (unpaired) electrons. The molecule has 0 spiro atoms. The summed E-state index contributed by atoms with van der Waals surface area (Å²) >= 11 is 3.39. The molecule has 1 aromatic rings. The highest BCUT2D eigenvalue weighted by Gasteiger charge is 2.31. The molecule has 1 aromatic heterocycles. The third-order valence-corrected chi connectivity index (χ3v) is 3.40. The van der Waals surface area contributed by atoms with Gasteiger partial charge in [0.15, 0.2) is 0 Å². The Balaban J connectivity index is 1.90. The maximum Gasteiger partial charge on any atom is 0.410 e. The number of carbonyl (C=O) groups is 1. The SMILES string of the molecule is CC(C)(C)OC(=O)N1CCC(Oc2ncccc2Br)C1. The van der Waals surface area contributed by atoms with Crippen LogP contribution in [0.5, 0.6) is 5.88 Å². The number of halogens is 1. The lowest BCUT2D eigenvalue weighted by atomic mass is 10.2. The number of rotatable bonds is 2. The van der Waals surface area contributed by atoms with Gasteiger partial charge in [-0.05, 0) is 48.8 Å². The lowest BCUT2D eigenvalue weighted by molar-refractivity contribution is 0.0275. The van der Waals surface area contributed by atoms with Crippen molar-refractivity contribution in [1.82, 2.24) is 9.88 Å². The molecule has 110 valence electrons. The van der Waals surface area contributed by atoms with Crippen LogP contribution in [0.1, 0.15) is 27.2 Å². The van der Waals surface area contributed by atoms with E-state index in [4.69, 9.17) is 9.47 Å². The maximum atomic E-state index is 11.9. The highest BCUT2D eigenvalue weighted by atomic mass is 79.9. The third kappa shape index (κ3) is 4.10. The van der Waals surface area contributed by atoms with Gasteiger partial charge in [0, 0.05) is 19.2 Å². The average Bonchev–Trinajstić information content (AvgIpc) is 2.79. The van der Waals surface area contributed by atoms with Crippen molar-refractivity contribution in [2.75, 3.05) is 13.1 Å². The van der Waals surface area contributed by atoms with Crippen LogP contribution in [0, 0.1) is 0 Å². The van der Waals surface area contributed by atoms with Crippen molar-refractivity contribution < 1.29 is 14.3 Å². The van der Waals surface area contributed by atoms with Crippen molar-refractivity contribution in [1.29, 1.82) is 0 Å². The Morgan fingerprint density at radius 1 is 1.50 bits per heavy atom. The van der Waals surface area contributed by atoms with Crippen molar-refractivity contribution in [3.8, 4) is 5.88 Å². The van der Waals surface area contributed by atoms with E-state index in [1.54, 1.807) is 11.1 Å². The summed E-state index contributed by atoms with van der Waals surface area (Å²) in [5.41, 5.74) is -0.472. The van der Waals surface area contributed by atoms with Crippen molar-refractivity contribution in [3.63, 3.8) is 0 Å². The molecule has 2 rings (SSSR count). The Morgan fingerprint density at radius 2 is 2.25 bits per heavy atom. The first kappa shape index (κ1) is 15.1. The molecule has 5 nitrogen and oxygen atoms in total. The fourth-order valence-electron chi connectivity index (χ4n) is 1.93. The van der Waals surface area contributed by atoms with Crippen LogP contribution >= 0.6 is 15.9 Å². The molecule has 6 heteroatoms. The number of likely N-dealkylation sites (tertiary alicyclic amines) is 1. The number of amides is 1.